The van der Waals surface area contributed by atoms with Crippen molar-refractivity contribution >= 4 is 27.6 Å². The van der Waals surface area contributed by atoms with Crippen LogP contribution in [0.3, 0.4) is 0 Å². The van der Waals surface area contributed by atoms with Crippen molar-refractivity contribution in [2.24, 2.45) is 0 Å². The zero-order valence-electron chi connectivity index (χ0n) is 10.1. The molecule has 0 saturated carbocycles. The van der Waals surface area contributed by atoms with Gasteiger partial charge < -0.3 is 10.5 Å². The summed E-state index contributed by atoms with van der Waals surface area (Å²) >= 11 is 1.13. The van der Waals surface area contributed by atoms with Crippen LogP contribution in [0.5, 0.6) is 0 Å². The first-order chi connectivity index (χ1) is 9.10. The van der Waals surface area contributed by atoms with Crippen molar-refractivity contribution in [3.63, 3.8) is 0 Å². The van der Waals surface area contributed by atoms with Crippen LogP contribution in [0.25, 0.3) is 11.3 Å². The maximum atomic E-state index is 12.9. The summed E-state index contributed by atoms with van der Waals surface area (Å²) < 4.78 is 17.7. The summed E-state index contributed by atoms with van der Waals surface area (Å²) in [6.07, 6.45) is -0.575. The normalized spacial score (nSPS) is 10.2. The minimum atomic E-state index is -0.575. The number of carbonyl (C=O) groups excluding carboxylic acids is 1. The highest BCUT2D eigenvalue weighted by Crippen LogP contribution is 2.34. The van der Waals surface area contributed by atoms with Gasteiger partial charge in [0.2, 0.25) is 0 Å². The molecule has 0 unspecified atom stereocenters. The number of nitrogens with zero attached hydrogens (tertiary/aromatic N) is 1. The number of nitrogens with two attached hydrogens (primary N) is 1. The average Bonchev–Trinajstić information content (AvgIpc) is 2.71. The van der Waals surface area contributed by atoms with Gasteiger partial charge in [-0.05, 0) is 31.2 Å². The minimum absolute atomic E-state index is 0.270. The van der Waals surface area contributed by atoms with Gasteiger partial charge in [0, 0.05) is 5.56 Å². The highest BCUT2D eigenvalue weighted by atomic mass is 32.1. The predicted molar refractivity (Wildman–Crippen MR) is 72.6 cm³/mol. The maximum absolute atomic E-state index is 12.9. The number of halogens is 1. The number of ether oxygens (including phenoxy) is 1. The second-order valence-electron chi connectivity index (χ2n) is 3.58. The zero-order valence-corrected chi connectivity index (χ0v) is 11.0. The fraction of sp³-hybridized carbons (Fsp3) is 0.167. The highest BCUT2D eigenvalue weighted by Gasteiger charge is 2.14. The first-order valence-corrected chi connectivity index (χ1v) is 6.38. The summed E-state index contributed by atoms with van der Waals surface area (Å²) in [5, 5.41) is 3.35. The number of aromatic nitrogens is 1. The molecule has 0 bridgehead atoms. The summed E-state index contributed by atoms with van der Waals surface area (Å²) in [6, 6.07) is 5.78. The number of nitrogen functional groups attached to an aromatic ring is 1. The molecule has 7 heteroatoms. The summed E-state index contributed by atoms with van der Waals surface area (Å²) in [5.74, 6) is -0.341. The molecule has 0 aliphatic heterocycles. The molecule has 100 valence electrons. The lowest BCUT2D eigenvalue weighted by atomic mass is 10.1. The molecule has 5 nitrogen and oxygen atoms in total. The van der Waals surface area contributed by atoms with E-state index in [9.17, 15) is 9.18 Å². The van der Waals surface area contributed by atoms with E-state index in [1.807, 2.05) is 0 Å². The van der Waals surface area contributed by atoms with Crippen LogP contribution in [0.15, 0.2) is 24.3 Å². The van der Waals surface area contributed by atoms with Gasteiger partial charge in [0.15, 0.2) is 5.13 Å². The molecule has 0 fully saturated rings. The van der Waals surface area contributed by atoms with E-state index in [-0.39, 0.29) is 12.4 Å². The standard InChI is InChI=1S/C12H12FN3O2S/c1-2-18-12(17)16-10-9(15-11(14)19-10)7-3-5-8(13)6-4-7/h3-6H,2H2,1H3,(H2,14,15)(H,16,17). The number of benzene rings is 1. The quantitative estimate of drug-likeness (QED) is 0.906. The zero-order chi connectivity index (χ0) is 13.8. The van der Waals surface area contributed by atoms with Crippen molar-refractivity contribution < 1.29 is 13.9 Å². The highest BCUT2D eigenvalue weighted by molar-refractivity contribution is 7.20. The number of nitrogens with one attached hydrogen (secondary N) is 1. The third-order valence-electron chi connectivity index (χ3n) is 2.25. The summed E-state index contributed by atoms with van der Waals surface area (Å²) in [5.41, 5.74) is 6.80. The number of rotatable bonds is 3. The van der Waals surface area contributed by atoms with Gasteiger partial charge in [0.25, 0.3) is 0 Å². The lowest BCUT2D eigenvalue weighted by Gasteiger charge is -2.05. The Hall–Kier alpha value is -2.15. The SMILES string of the molecule is CCOC(=O)Nc1sc(N)nc1-c1ccc(F)cc1. The third-order valence-corrected chi connectivity index (χ3v) is 3.05. The van der Waals surface area contributed by atoms with Crippen LogP contribution in [0.4, 0.5) is 19.3 Å². The second kappa shape index (κ2) is 5.66. The molecule has 2 rings (SSSR count). The van der Waals surface area contributed by atoms with E-state index >= 15 is 0 Å². The molecule has 3 N–H and O–H groups in total. The Kier molecular flexibility index (Phi) is 3.96. The Morgan fingerprint density at radius 2 is 2.16 bits per heavy atom. The van der Waals surface area contributed by atoms with E-state index in [1.54, 1.807) is 19.1 Å². The predicted octanol–water partition coefficient (Wildman–Crippen LogP) is 3.10. The lowest BCUT2D eigenvalue weighted by Crippen LogP contribution is -2.12. The summed E-state index contributed by atoms with van der Waals surface area (Å²) in [6.45, 7) is 1.98. The first-order valence-electron chi connectivity index (χ1n) is 5.56. The molecular weight excluding hydrogens is 269 g/mol. The van der Waals surface area contributed by atoms with E-state index < -0.39 is 6.09 Å². The van der Waals surface area contributed by atoms with Gasteiger partial charge in [-0.15, -0.1) is 0 Å². The number of carbonyl (C=O) groups is 1. The number of amides is 1. The van der Waals surface area contributed by atoms with Gasteiger partial charge in [-0.25, -0.2) is 14.2 Å². The van der Waals surface area contributed by atoms with Crippen molar-refractivity contribution in [1.29, 1.82) is 0 Å². The van der Waals surface area contributed by atoms with E-state index in [1.165, 1.54) is 12.1 Å². The van der Waals surface area contributed by atoms with E-state index in [0.717, 1.165) is 11.3 Å². The van der Waals surface area contributed by atoms with Crippen molar-refractivity contribution in [2.45, 2.75) is 6.92 Å². The fourth-order valence-electron chi connectivity index (χ4n) is 1.48. The lowest BCUT2D eigenvalue weighted by molar-refractivity contribution is 0.168. The molecule has 0 aliphatic carbocycles. The monoisotopic (exact) mass is 281 g/mol. The Labute approximate surface area is 113 Å². The molecule has 0 spiro atoms. The smallest absolute Gasteiger partial charge is 0.412 e. The van der Waals surface area contributed by atoms with Gasteiger partial charge in [0.1, 0.15) is 16.5 Å². The van der Waals surface area contributed by atoms with Gasteiger partial charge in [-0.3, -0.25) is 5.32 Å². The van der Waals surface area contributed by atoms with Crippen molar-refractivity contribution in [3.05, 3.63) is 30.1 Å². The van der Waals surface area contributed by atoms with Crippen LogP contribution in [-0.4, -0.2) is 17.7 Å². The number of hydrogen-bond acceptors (Lipinski definition) is 5. The molecule has 0 atom stereocenters. The molecule has 19 heavy (non-hydrogen) atoms. The Bertz CT molecular complexity index is 583. The Morgan fingerprint density at radius 3 is 2.79 bits per heavy atom. The molecule has 1 heterocycles. The van der Waals surface area contributed by atoms with Gasteiger partial charge in [-0.2, -0.15) is 0 Å². The second-order valence-corrected chi connectivity index (χ2v) is 4.61. The Balaban J connectivity index is 2.30. The topological polar surface area (TPSA) is 77.2 Å². The van der Waals surface area contributed by atoms with Crippen LogP contribution < -0.4 is 11.1 Å². The molecule has 2 aromatic rings. The number of anilines is 2. The molecule has 1 aromatic carbocycles. The van der Waals surface area contributed by atoms with Crippen LogP contribution in [0, 0.1) is 5.82 Å². The van der Waals surface area contributed by atoms with E-state index in [0.29, 0.717) is 21.4 Å². The molecule has 0 aliphatic rings. The van der Waals surface area contributed by atoms with Crippen molar-refractivity contribution in [2.75, 3.05) is 17.7 Å². The van der Waals surface area contributed by atoms with Gasteiger partial charge >= 0.3 is 6.09 Å². The molecule has 1 amide bonds. The van der Waals surface area contributed by atoms with E-state index in [4.69, 9.17) is 10.5 Å². The molecular formula is C12H12FN3O2S. The number of thiazole rings is 1. The largest absolute Gasteiger partial charge is 0.450 e. The van der Waals surface area contributed by atoms with Crippen LogP contribution in [0.2, 0.25) is 0 Å². The molecule has 0 saturated heterocycles. The average molecular weight is 281 g/mol. The minimum Gasteiger partial charge on any atom is -0.450 e. The maximum Gasteiger partial charge on any atom is 0.412 e. The summed E-state index contributed by atoms with van der Waals surface area (Å²) in [4.78, 5) is 15.5. The van der Waals surface area contributed by atoms with Crippen molar-refractivity contribution in [1.82, 2.24) is 4.98 Å². The van der Waals surface area contributed by atoms with Crippen LogP contribution >= 0.6 is 11.3 Å². The van der Waals surface area contributed by atoms with Crippen molar-refractivity contribution in [3.8, 4) is 11.3 Å². The van der Waals surface area contributed by atoms with Gasteiger partial charge in [0.05, 0.1) is 6.61 Å². The van der Waals surface area contributed by atoms with E-state index in [2.05, 4.69) is 10.3 Å². The molecule has 0 radical (unpaired) electrons. The fourth-order valence-corrected chi connectivity index (χ4v) is 2.23. The number of hydrogen-bond donors (Lipinski definition) is 2. The van der Waals surface area contributed by atoms with Crippen LogP contribution in [0.1, 0.15) is 6.92 Å². The van der Waals surface area contributed by atoms with Crippen LogP contribution in [-0.2, 0) is 4.74 Å². The Morgan fingerprint density at radius 1 is 1.47 bits per heavy atom. The summed E-state index contributed by atoms with van der Waals surface area (Å²) in [7, 11) is 0. The molecule has 1 aromatic heterocycles. The third kappa shape index (κ3) is 3.19. The van der Waals surface area contributed by atoms with Gasteiger partial charge in [-0.1, -0.05) is 11.3 Å². The first kappa shape index (κ1) is 13.3.